The number of carboxylic acid groups (broad SMARTS) is 1. The Morgan fingerprint density at radius 1 is 1.07 bits per heavy atom. The van der Waals surface area contributed by atoms with Crippen LogP contribution in [0.1, 0.15) is 17.3 Å². The number of hydrogen-bond donors (Lipinski definition) is 4. The van der Waals surface area contributed by atoms with Crippen molar-refractivity contribution in [2.75, 3.05) is 18.5 Å². The van der Waals surface area contributed by atoms with E-state index in [2.05, 4.69) is 15.5 Å². The quantitative estimate of drug-likeness (QED) is 0.312. The molecule has 0 fully saturated rings. The van der Waals surface area contributed by atoms with Gasteiger partial charge in [-0.25, -0.2) is 4.79 Å². The molecule has 2 rings (SSSR count). The number of aliphatic hydroxyl groups excluding tert-OH is 2. The third kappa shape index (κ3) is 5.39. The number of nitrogens with zero attached hydrogens (tertiary/aromatic N) is 2. The van der Waals surface area contributed by atoms with Gasteiger partial charge in [0.25, 0.3) is 5.91 Å². The van der Waals surface area contributed by atoms with E-state index in [0.29, 0.717) is 11.4 Å². The number of carbonyl (C=O) groups is 2. The lowest BCUT2D eigenvalue weighted by Gasteiger charge is -2.11. The number of allylic oxidation sites excluding steroid dienone is 1. The fourth-order valence-electron chi connectivity index (χ4n) is 2.16. The average molecular weight is 385 g/mol. The summed E-state index contributed by atoms with van der Waals surface area (Å²) in [6.45, 7) is 1.10. The van der Waals surface area contributed by atoms with Gasteiger partial charge in [-0.2, -0.15) is 0 Å². The van der Waals surface area contributed by atoms with Gasteiger partial charge in [0.1, 0.15) is 23.8 Å². The molecular formula is C19H19N3O6. The minimum atomic E-state index is -1.19. The highest BCUT2D eigenvalue weighted by atomic mass is 16.5. The molecule has 0 aliphatic carbocycles. The van der Waals surface area contributed by atoms with Gasteiger partial charge in [-0.05, 0) is 31.2 Å². The van der Waals surface area contributed by atoms with Crippen molar-refractivity contribution in [1.29, 1.82) is 0 Å². The Kier molecular flexibility index (Phi) is 7.23. The summed E-state index contributed by atoms with van der Waals surface area (Å²) in [6, 6.07) is 12.4. The Balaban J connectivity index is 2.26. The highest BCUT2D eigenvalue weighted by molar-refractivity contribution is 6.04. The fraction of sp³-hybridized carbons (Fsp3) is 0.158. The molecule has 0 atom stereocenters. The Labute approximate surface area is 160 Å². The van der Waals surface area contributed by atoms with Crippen LogP contribution in [0.2, 0.25) is 0 Å². The maximum Gasteiger partial charge on any atom is 0.337 e. The summed E-state index contributed by atoms with van der Waals surface area (Å²) in [5.74, 6) is -2.03. The molecular weight excluding hydrogens is 366 g/mol. The van der Waals surface area contributed by atoms with Crippen LogP contribution in [-0.4, -0.2) is 40.4 Å². The molecule has 146 valence electrons. The maximum absolute atomic E-state index is 12.5. The number of aromatic carboxylic acids is 1. The minimum absolute atomic E-state index is 0.0354. The SMILES string of the molecule is C/C(O)=C(\N=Nc1ccccc1C(=O)O)C(=O)Nc1ccccc1OCCO. The molecule has 0 aliphatic heterocycles. The number of benzene rings is 2. The van der Waals surface area contributed by atoms with Crippen LogP contribution in [-0.2, 0) is 4.79 Å². The molecule has 2 aromatic carbocycles. The van der Waals surface area contributed by atoms with Crippen LogP contribution in [0.15, 0.2) is 70.2 Å². The Morgan fingerprint density at radius 3 is 2.43 bits per heavy atom. The first kappa shape index (κ1) is 20.6. The van der Waals surface area contributed by atoms with Crippen LogP contribution in [0, 0.1) is 0 Å². The van der Waals surface area contributed by atoms with Gasteiger partial charge in [0.2, 0.25) is 0 Å². The van der Waals surface area contributed by atoms with Crippen LogP contribution in [0.4, 0.5) is 11.4 Å². The van der Waals surface area contributed by atoms with Gasteiger partial charge in [0.05, 0.1) is 17.9 Å². The zero-order valence-corrected chi connectivity index (χ0v) is 15.0. The summed E-state index contributed by atoms with van der Waals surface area (Å²) in [7, 11) is 0. The molecule has 0 saturated heterocycles. The van der Waals surface area contributed by atoms with E-state index in [1.54, 1.807) is 30.3 Å². The first-order valence-electron chi connectivity index (χ1n) is 8.22. The predicted molar refractivity (Wildman–Crippen MR) is 101 cm³/mol. The van der Waals surface area contributed by atoms with Crippen molar-refractivity contribution in [3.8, 4) is 5.75 Å². The molecule has 0 saturated carbocycles. The molecule has 2 aromatic rings. The van der Waals surface area contributed by atoms with Gasteiger partial charge < -0.3 is 25.4 Å². The van der Waals surface area contributed by atoms with Crippen molar-refractivity contribution in [2.45, 2.75) is 6.92 Å². The zero-order valence-electron chi connectivity index (χ0n) is 15.0. The van der Waals surface area contributed by atoms with Crippen LogP contribution in [0.3, 0.4) is 0 Å². The lowest BCUT2D eigenvalue weighted by Crippen LogP contribution is -2.16. The smallest absolute Gasteiger partial charge is 0.337 e. The number of rotatable bonds is 8. The summed E-state index contributed by atoms with van der Waals surface area (Å²) < 4.78 is 5.34. The van der Waals surface area contributed by atoms with E-state index in [-0.39, 0.29) is 24.5 Å². The predicted octanol–water partition coefficient (Wildman–Crippen LogP) is 3.27. The largest absolute Gasteiger partial charge is 0.510 e. The van der Waals surface area contributed by atoms with Crippen LogP contribution in [0.25, 0.3) is 0 Å². The number of hydrogen-bond acceptors (Lipinski definition) is 7. The number of para-hydroxylation sites is 2. The lowest BCUT2D eigenvalue weighted by atomic mass is 10.2. The summed E-state index contributed by atoms with van der Waals surface area (Å²) in [6.07, 6.45) is 0. The normalized spacial score (nSPS) is 11.8. The second kappa shape index (κ2) is 9.83. The van der Waals surface area contributed by atoms with Gasteiger partial charge in [-0.3, -0.25) is 4.79 Å². The van der Waals surface area contributed by atoms with Gasteiger partial charge in [0, 0.05) is 0 Å². The number of ether oxygens (including phenoxy) is 1. The first-order chi connectivity index (χ1) is 13.4. The molecule has 0 unspecified atom stereocenters. The van der Waals surface area contributed by atoms with Crippen molar-refractivity contribution in [3.63, 3.8) is 0 Å². The number of nitrogens with one attached hydrogen (secondary N) is 1. The lowest BCUT2D eigenvalue weighted by molar-refractivity contribution is -0.113. The Morgan fingerprint density at radius 2 is 1.75 bits per heavy atom. The number of aliphatic hydroxyl groups is 2. The molecule has 4 N–H and O–H groups in total. The van der Waals surface area contributed by atoms with Crippen molar-refractivity contribution >= 4 is 23.3 Å². The molecule has 9 heteroatoms. The summed E-state index contributed by atoms with van der Waals surface area (Å²) in [4.78, 5) is 23.7. The third-order valence-electron chi connectivity index (χ3n) is 3.43. The fourth-order valence-corrected chi connectivity index (χ4v) is 2.16. The third-order valence-corrected chi connectivity index (χ3v) is 3.43. The van der Waals surface area contributed by atoms with Crippen molar-refractivity contribution < 1.29 is 29.6 Å². The zero-order chi connectivity index (χ0) is 20.5. The van der Waals surface area contributed by atoms with E-state index in [4.69, 9.17) is 9.84 Å². The van der Waals surface area contributed by atoms with Crippen molar-refractivity contribution in [3.05, 3.63) is 65.6 Å². The van der Waals surface area contributed by atoms with Crippen LogP contribution >= 0.6 is 0 Å². The summed E-state index contributed by atoms with van der Waals surface area (Å²) in [5.41, 5.74) is -0.143. The molecule has 0 radical (unpaired) electrons. The van der Waals surface area contributed by atoms with Crippen LogP contribution < -0.4 is 10.1 Å². The highest BCUT2D eigenvalue weighted by Crippen LogP contribution is 2.25. The summed E-state index contributed by atoms with van der Waals surface area (Å²) in [5, 5.41) is 37.9. The first-order valence-corrected chi connectivity index (χ1v) is 8.22. The van der Waals surface area contributed by atoms with E-state index in [0.717, 1.165) is 0 Å². The number of amides is 1. The molecule has 0 heterocycles. The average Bonchev–Trinajstić information content (AvgIpc) is 2.67. The molecule has 1 amide bonds. The van der Waals surface area contributed by atoms with Gasteiger partial charge in [-0.1, -0.05) is 24.3 Å². The van der Waals surface area contributed by atoms with E-state index < -0.39 is 23.3 Å². The van der Waals surface area contributed by atoms with Gasteiger partial charge in [0.15, 0.2) is 5.70 Å². The molecule has 0 spiro atoms. The highest BCUT2D eigenvalue weighted by Gasteiger charge is 2.16. The molecule has 9 nitrogen and oxygen atoms in total. The van der Waals surface area contributed by atoms with Crippen molar-refractivity contribution in [1.82, 2.24) is 0 Å². The number of azo groups is 1. The van der Waals surface area contributed by atoms with Crippen molar-refractivity contribution in [2.24, 2.45) is 10.2 Å². The Hall–Kier alpha value is -3.72. The molecule has 0 bridgehead atoms. The van der Waals surface area contributed by atoms with E-state index in [9.17, 15) is 19.8 Å². The standard InChI is InChI=1S/C19H19N3O6/c1-12(24)17(22-21-14-7-3-2-6-13(14)19(26)27)18(25)20-15-8-4-5-9-16(15)28-11-10-23/h2-9,23-24H,10-11H2,1H3,(H,20,25)(H,26,27)/b17-12+,22-21?. The number of carbonyl (C=O) groups excluding carboxylic acids is 1. The van der Waals surface area contributed by atoms with Gasteiger partial charge in [-0.15, -0.1) is 10.2 Å². The second-order valence-electron chi connectivity index (χ2n) is 5.48. The summed E-state index contributed by atoms with van der Waals surface area (Å²) >= 11 is 0. The second-order valence-corrected chi connectivity index (χ2v) is 5.48. The van der Waals surface area contributed by atoms with E-state index in [1.807, 2.05) is 0 Å². The topological polar surface area (TPSA) is 141 Å². The number of anilines is 1. The van der Waals surface area contributed by atoms with Gasteiger partial charge >= 0.3 is 5.97 Å². The Bertz CT molecular complexity index is 919. The van der Waals surface area contributed by atoms with E-state index in [1.165, 1.54) is 25.1 Å². The monoisotopic (exact) mass is 385 g/mol. The van der Waals surface area contributed by atoms with E-state index >= 15 is 0 Å². The molecule has 0 aromatic heterocycles. The molecule has 0 aliphatic rings. The maximum atomic E-state index is 12.5. The molecule has 28 heavy (non-hydrogen) atoms. The minimum Gasteiger partial charge on any atom is -0.510 e. The number of carboxylic acids is 1. The van der Waals surface area contributed by atoms with Crippen LogP contribution in [0.5, 0.6) is 5.75 Å².